The van der Waals surface area contributed by atoms with Crippen LogP contribution in [0.4, 0.5) is 0 Å². The zero-order valence-corrected chi connectivity index (χ0v) is 12.5. The molecule has 1 aromatic carbocycles. The first-order chi connectivity index (χ1) is 9.78. The van der Waals surface area contributed by atoms with Crippen LogP contribution in [-0.2, 0) is 17.8 Å². The Morgan fingerprint density at radius 1 is 1.20 bits per heavy atom. The Labute approximate surface area is 122 Å². The Morgan fingerprint density at radius 3 is 2.50 bits per heavy atom. The molecule has 1 saturated heterocycles. The summed E-state index contributed by atoms with van der Waals surface area (Å²) in [4.78, 5) is 2.44. The SMILES string of the molecule is CCC(N)CNCc1ccc(CN2CCOCC2)cc1. The van der Waals surface area contributed by atoms with E-state index in [1.54, 1.807) is 0 Å². The fourth-order valence-electron chi connectivity index (χ4n) is 2.33. The second-order valence-corrected chi connectivity index (χ2v) is 5.50. The Kier molecular flexibility index (Phi) is 6.47. The summed E-state index contributed by atoms with van der Waals surface area (Å²) in [6.07, 6.45) is 1.02. The fourth-order valence-corrected chi connectivity index (χ4v) is 2.33. The maximum absolute atomic E-state index is 5.89. The van der Waals surface area contributed by atoms with Crippen LogP contribution in [-0.4, -0.2) is 43.8 Å². The normalized spacial score (nSPS) is 18.1. The van der Waals surface area contributed by atoms with Gasteiger partial charge in [-0.05, 0) is 17.5 Å². The van der Waals surface area contributed by atoms with Gasteiger partial charge in [-0.2, -0.15) is 0 Å². The lowest BCUT2D eigenvalue weighted by Crippen LogP contribution is -2.35. The highest BCUT2D eigenvalue weighted by molar-refractivity contribution is 5.22. The predicted octanol–water partition coefficient (Wildman–Crippen LogP) is 1.35. The van der Waals surface area contributed by atoms with Gasteiger partial charge < -0.3 is 15.8 Å². The third kappa shape index (κ3) is 5.21. The van der Waals surface area contributed by atoms with Crippen molar-refractivity contribution >= 4 is 0 Å². The van der Waals surface area contributed by atoms with Crippen LogP contribution in [0, 0.1) is 0 Å². The lowest BCUT2D eigenvalue weighted by molar-refractivity contribution is 0.0342. The number of rotatable bonds is 7. The van der Waals surface area contributed by atoms with E-state index in [0.717, 1.165) is 52.4 Å². The summed E-state index contributed by atoms with van der Waals surface area (Å²) < 4.78 is 5.37. The molecule has 20 heavy (non-hydrogen) atoms. The molecule has 0 bridgehead atoms. The van der Waals surface area contributed by atoms with Crippen LogP contribution in [0.2, 0.25) is 0 Å². The van der Waals surface area contributed by atoms with Crippen LogP contribution in [0.5, 0.6) is 0 Å². The van der Waals surface area contributed by atoms with Crippen LogP contribution in [0.3, 0.4) is 0 Å². The molecule has 3 N–H and O–H groups in total. The maximum Gasteiger partial charge on any atom is 0.0594 e. The molecule has 1 atom stereocenters. The van der Waals surface area contributed by atoms with Crippen LogP contribution in [0.15, 0.2) is 24.3 Å². The van der Waals surface area contributed by atoms with Gasteiger partial charge in [-0.25, -0.2) is 0 Å². The second-order valence-electron chi connectivity index (χ2n) is 5.50. The van der Waals surface area contributed by atoms with Crippen molar-refractivity contribution in [3.63, 3.8) is 0 Å². The highest BCUT2D eigenvalue weighted by Crippen LogP contribution is 2.09. The Hall–Kier alpha value is -0.940. The second kappa shape index (κ2) is 8.37. The minimum absolute atomic E-state index is 0.260. The Bertz CT molecular complexity index is 374. The molecule has 4 nitrogen and oxygen atoms in total. The molecule has 0 aliphatic carbocycles. The Morgan fingerprint density at radius 2 is 1.85 bits per heavy atom. The number of hydrogen-bond acceptors (Lipinski definition) is 4. The number of morpholine rings is 1. The van der Waals surface area contributed by atoms with Gasteiger partial charge in [0.2, 0.25) is 0 Å². The summed E-state index contributed by atoms with van der Waals surface area (Å²) in [6, 6.07) is 9.13. The van der Waals surface area contributed by atoms with Gasteiger partial charge in [0.25, 0.3) is 0 Å². The number of nitrogens with two attached hydrogens (primary N) is 1. The van der Waals surface area contributed by atoms with E-state index in [2.05, 4.69) is 41.4 Å². The maximum atomic E-state index is 5.89. The van der Waals surface area contributed by atoms with Crippen molar-refractivity contribution in [2.24, 2.45) is 5.73 Å². The van der Waals surface area contributed by atoms with Gasteiger partial charge in [-0.1, -0.05) is 31.2 Å². The number of ether oxygens (including phenoxy) is 1. The van der Waals surface area contributed by atoms with Gasteiger partial charge in [-0.15, -0.1) is 0 Å². The molecule has 4 heteroatoms. The van der Waals surface area contributed by atoms with E-state index in [1.807, 2.05) is 0 Å². The van der Waals surface area contributed by atoms with Gasteiger partial charge >= 0.3 is 0 Å². The summed E-state index contributed by atoms with van der Waals surface area (Å²) in [5, 5.41) is 3.40. The van der Waals surface area contributed by atoms with Crippen molar-refractivity contribution in [1.29, 1.82) is 0 Å². The number of benzene rings is 1. The van der Waals surface area contributed by atoms with Crippen LogP contribution in [0.25, 0.3) is 0 Å². The van der Waals surface area contributed by atoms with E-state index in [4.69, 9.17) is 10.5 Å². The van der Waals surface area contributed by atoms with Gasteiger partial charge in [-0.3, -0.25) is 4.90 Å². The largest absolute Gasteiger partial charge is 0.379 e. The molecule has 1 aromatic rings. The van der Waals surface area contributed by atoms with Crippen LogP contribution >= 0.6 is 0 Å². The first-order valence-corrected chi connectivity index (χ1v) is 7.62. The Balaban J connectivity index is 1.74. The molecular formula is C16H27N3O. The zero-order valence-electron chi connectivity index (χ0n) is 12.5. The first kappa shape index (κ1) is 15.4. The van der Waals surface area contributed by atoms with Gasteiger partial charge in [0.1, 0.15) is 0 Å². The predicted molar refractivity (Wildman–Crippen MR) is 82.5 cm³/mol. The van der Waals surface area contributed by atoms with Crippen molar-refractivity contribution in [2.75, 3.05) is 32.8 Å². The molecule has 1 aliphatic heterocycles. The highest BCUT2D eigenvalue weighted by atomic mass is 16.5. The number of nitrogens with one attached hydrogen (secondary N) is 1. The lowest BCUT2D eigenvalue weighted by atomic mass is 10.1. The van der Waals surface area contributed by atoms with Crippen molar-refractivity contribution in [1.82, 2.24) is 10.2 Å². The monoisotopic (exact) mass is 277 g/mol. The molecule has 1 aliphatic rings. The molecule has 2 rings (SSSR count). The van der Waals surface area contributed by atoms with E-state index in [0.29, 0.717) is 0 Å². The van der Waals surface area contributed by atoms with Gasteiger partial charge in [0, 0.05) is 38.8 Å². The van der Waals surface area contributed by atoms with Gasteiger partial charge in [0.05, 0.1) is 13.2 Å². The van der Waals surface area contributed by atoms with Crippen molar-refractivity contribution in [3.8, 4) is 0 Å². The topological polar surface area (TPSA) is 50.5 Å². The smallest absolute Gasteiger partial charge is 0.0594 e. The zero-order chi connectivity index (χ0) is 14.2. The standard InChI is InChI=1S/C16H27N3O/c1-2-16(17)12-18-11-14-3-5-15(6-4-14)13-19-7-9-20-10-8-19/h3-6,16,18H,2,7-13,17H2,1H3. The average molecular weight is 277 g/mol. The molecule has 112 valence electrons. The molecule has 0 aromatic heterocycles. The molecule has 0 radical (unpaired) electrons. The lowest BCUT2D eigenvalue weighted by Gasteiger charge is -2.26. The van der Waals surface area contributed by atoms with E-state index >= 15 is 0 Å². The van der Waals surface area contributed by atoms with Crippen molar-refractivity contribution in [3.05, 3.63) is 35.4 Å². The summed E-state index contributed by atoms with van der Waals surface area (Å²) in [6.45, 7) is 8.72. The summed E-state index contributed by atoms with van der Waals surface area (Å²) in [5.41, 5.74) is 8.58. The van der Waals surface area contributed by atoms with E-state index in [1.165, 1.54) is 11.1 Å². The van der Waals surface area contributed by atoms with Crippen LogP contribution < -0.4 is 11.1 Å². The summed E-state index contributed by atoms with van der Waals surface area (Å²) in [5.74, 6) is 0. The van der Waals surface area contributed by atoms with E-state index in [9.17, 15) is 0 Å². The number of nitrogens with zero attached hydrogens (tertiary/aromatic N) is 1. The third-order valence-electron chi connectivity index (χ3n) is 3.79. The number of hydrogen-bond donors (Lipinski definition) is 2. The van der Waals surface area contributed by atoms with E-state index in [-0.39, 0.29) is 6.04 Å². The minimum atomic E-state index is 0.260. The third-order valence-corrected chi connectivity index (χ3v) is 3.79. The van der Waals surface area contributed by atoms with Gasteiger partial charge in [0.15, 0.2) is 0 Å². The fraction of sp³-hybridized carbons (Fsp3) is 0.625. The molecule has 1 fully saturated rings. The molecule has 0 amide bonds. The van der Waals surface area contributed by atoms with E-state index < -0.39 is 0 Å². The molecule has 1 unspecified atom stereocenters. The van der Waals surface area contributed by atoms with Crippen molar-refractivity contribution in [2.45, 2.75) is 32.5 Å². The molecule has 0 spiro atoms. The molecule has 1 heterocycles. The summed E-state index contributed by atoms with van der Waals surface area (Å²) >= 11 is 0. The minimum Gasteiger partial charge on any atom is -0.379 e. The average Bonchev–Trinajstić information content (AvgIpc) is 2.50. The molecular weight excluding hydrogens is 250 g/mol. The quantitative estimate of drug-likeness (QED) is 0.790. The van der Waals surface area contributed by atoms with Crippen LogP contribution in [0.1, 0.15) is 24.5 Å². The summed E-state index contributed by atoms with van der Waals surface area (Å²) in [7, 11) is 0. The highest BCUT2D eigenvalue weighted by Gasteiger charge is 2.10. The van der Waals surface area contributed by atoms with Crippen molar-refractivity contribution < 1.29 is 4.74 Å². The first-order valence-electron chi connectivity index (χ1n) is 7.62. The molecule has 0 saturated carbocycles.